The fraction of sp³-hybridized carbons (Fsp3) is 0.214. The predicted octanol–water partition coefficient (Wildman–Crippen LogP) is 3.42. The Morgan fingerprint density at radius 3 is 2.46 bits per heavy atom. The van der Waals surface area contributed by atoms with Gasteiger partial charge in [0.15, 0.2) is 5.78 Å². The molecule has 0 heterocycles. The molecule has 126 valence electrons. The normalized spacial score (nSPS) is 21.3. The zero-order valence-corrected chi connectivity index (χ0v) is 14.3. The number of nitro groups is 1. The van der Waals surface area contributed by atoms with Gasteiger partial charge in [0, 0.05) is 12.1 Å². The Hall–Kier alpha value is -1.96. The lowest BCUT2D eigenvalue weighted by Crippen LogP contribution is -2.44. The summed E-state index contributed by atoms with van der Waals surface area (Å²) < 4.78 is -1.92. The molecule has 0 bridgehead atoms. The summed E-state index contributed by atoms with van der Waals surface area (Å²) in [6.45, 7) is 1.54. The van der Waals surface area contributed by atoms with Crippen LogP contribution in [0.15, 0.2) is 41.1 Å². The quantitative estimate of drug-likeness (QED) is 0.340. The number of ketones is 1. The van der Waals surface area contributed by atoms with E-state index in [-0.39, 0.29) is 17.0 Å². The van der Waals surface area contributed by atoms with Crippen LogP contribution in [-0.4, -0.2) is 32.1 Å². The number of alkyl halides is 3. The third-order valence-corrected chi connectivity index (χ3v) is 4.75. The Kier molecular flexibility index (Phi) is 5.27. The third kappa shape index (κ3) is 3.58. The Morgan fingerprint density at radius 1 is 1.33 bits per heavy atom. The number of oxime groups is 1. The fourth-order valence-corrected chi connectivity index (χ4v) is 2.48. The molecule has 10 heteroatoms. The average molecular weight is 392 g/mol. The highest BCUT2D eigenvalue weighted by molar-refractivity contribution is 6.66. The molecule has 24 heavy (non-hydrogen) atoms. The van der Waals surface area contributed by atoms with Crippen molar-refractivity contribution >= 4 is 58.0 Å². The van der Waals surface area contributed by atoms with E-state index in [0.717, 1.165) is 18.2 Å². The molecule has 1 aromatic rings. The van der Waals surface area contributed by atoms with Crippen molar-refractivity contribution < 1.29 is 19.3 Å². The summed E-state index contributed by atoms with van der Waals surface area (Å²) in [5.74, 6) is -1.45. The van der Waals surface area contributed by atoms with Crippen LogP contribution < -0.4 is 0 Å². The fourth-order valence-electron chi connectivity index (χ4n) is 1.84. The van der Waals surface area contributed by atoms with E-state index >= 15 is 0 Å². The molecule has 1 unspecified atom stereocenters. The summed E-state index contributed by atoms with van der Waals surface area (Å²) in [5.41, 5.74) is 0.273. The van der Waals surface area contributed by atoms with Crippen molar-refractivity contribution in [3.63, 3.8) is 0 Å². The summed E-state index contributed by atoms with van der Waals surface area (Å²) >= 11 is 17.8. The first kappa shape index (κ1) is 18.4. The number of allylic oxidation sites excluding steroid dienone is 2. The number of nitro benzene ring substituents is 1. The molecule has 0 aromatic heterocycles. The van der Waals surface area contributed by atoms with Crippen molar-refractivity contribution in [2.24, 2.45) is 5.16 Å². The Balaban J connectivity index is 2.20. The molecule has 7 nitrogen and oxygen atoms in total. The van der Waals surface area contributed by atoms with Crippen molar-refractivity contribution in [1.29, 1.82) is 0 Å². The number of carbonyl (C=O) groups is 2. The van der Waals surface area contributed by atoms with Gasteiger partial charge in [-0.25, -0.2) is 4.79 Å². The van der Waals surface area contributed by atoms with E-state index < -0.39 is 26.4 Å². The minimum atomic E-state index is -1.92. The monoisotopic (exact) mass is 390 g/mol. The van der Waals surface area contributed by atoms with Gasteiger partial charge in [-0.15, -0.1) is 11.6 Å². The molecule has 1 aliphatic carbocycles. The molecule has 0 fully saturated rings. The van der Waals surface area contributed by atoms with Crippen LogP contribution in [0.1, 0.15) is 17.3 Å². The zero-order valence-electron chi connectivity index (χ0n) is 12.0. The van der Waals surface area contributed by atoms with Crippen LogP contribution in [-0.2, 0) is 9.63 Å². The largest absolute Gasteiger partial charge is 0.365 e. The molecular weight excluding hydrogens is 383 g/mol. The molecule has 0 saturated carbocycles. The summed E-state index contributed by atoms with van der Waals surface area (Å²) in [4.78, 5) is 38.3. The predicted molar refractivity (Wildman–Crippen MR) is 88.8 cm³/mol. The van der Waals surface area contributed by atoms with Gasteiger partial charge in [0.25, 0.3) is 5.69 Å². The highest BCUT2D eigenvalue weighted by atomic mass is 35.5. The molecule has 1 aliphatic rings. The van der Waals surface area contributed by atoms with E-state index in [1.807, 2.05) is 0 Å². The van der Waals surface area contributed by atoms with E-state index in [1.165, 1.54) is 19.1 Å². The first-order chi connectivity index (χ1) is 11.1. The van der Waals surface area contributed by atoms with E-state index in [0.29, 0.717) is 5.57 Å². The zero-order chi connectivity index (χ0) is 18.1. The van der Waals surface area contributed by atoms with Crippen LogP contribution in [0, 0.1) is 10.1 Å². The van der Waals surface area contributed by atoms with Crippen LogP contribution in [0.5, 0.6) is 0 Å². The number of hydrogen-bond donors (Lipinski definition) is 0. The molecule has 0 amide bonds. The lowest BCUT2D eigenvalue weighted by Gasteiger charge is -2.27. The molecule has 0 N–H and O–H groups in total. The van der Waals surface area contributed by atoms with Gasteiger partial charge in [-0.1, -0.05) is 28.4 Å². The van der Waals surface area contributed by atoms with Gasteiger partial charge in [0.1, 0.15) is 11.1 Å². The number of non-ortho nitro benzene ring substituents is 1. The van der Waals surface area contributed by atoms with Crippen LogP contribution in [0.4, 0.5) is 5.69 Å². The van der Waals surface area contributed by atoms with Gasteiger partial charge in [-0.3, -0.25) is 14.9 Å². The number of halogens is 3. The second kappa shape index (κ2) is 6.88. The number of carbonyl (C=O) groups excluding carboxylic acids is 2. The maximum absolute atomic E-state index is 11.9. The van der Waals surface area contributed by atoms with E-state index in [2.05, 4.69) is 5.16 Å². The van der Waals surface area contributed by atoms with Gasteiger partial charge < -0.3 is 4.84 Å². The number of benzene rings is 1. The van der Waals surface area contributed by atoms with Crippen LogP contribution in [0.25, 0.3) is 0 Å². The van der Waals surface area contributed by atoms with Crippen LogP contribution in [0.2, 0.25) is 0 Å². The van der Waals surface area contributed by atoms with Crippen molar-refractivity contribution in [2.75, 3.05) is 0 Å². The number of hydrogen-bond acceptors (Lipinski definition) is 6. The first-order valence-electron chi connectivity index (χ1n) is 6.43. The highest BCUT2D eigenvalue weighted by Crippen LogP contribution is 2.37. The smallest absolute Gasteiger partial charge is 0.312 e. The minimum Gasteiger partial charge on any atom is -0.312 e. The highest BCUT2D eigenvalue weighted by Gasteiger charge is 2.47. The van der Waals surface area contributed by atoms with E-state index in [1.54, 1.807) is 0 Å². The Morgan fingerprint density at radius 2 is 1.92 bits per heavy atom. The topological polar surface area (TPSA) is 98.9 Å². The lowest BCUT2D eigenvalue weighted by molar-refractivity contribution is -0.384. The molecular formula is C14H9Cl3N2O5. The molecule has 0 spiro atoms. The van der Waals surface area contributed by atoms with E-state index in [9.17, 15) is 19.7 Å². The molecule has 0 aliphatic heterocycles. The maximum Gasteiger partial charge on any atom is 0.365 e. The Labute approximate surface area is 151 Å². The second-order valence-corrected chi connectivity index (χ2v) is 6.66. The second-order valence-electron chi connectivity index (χ2n) is 4.84. The van der Waals surface area contributed by atoms with Gasteiger partial charge >= 0.3 is 5.97 Å². The van der Waals surface area contributed by atoms with Gasteiger partial charge in [-0.05, 0) is 30.7 Å². The van der Waals surface area contributed by atoms with E-state index in [4.69, 9.17) is 39.6 Å². The molecule has 0 saturated heterocycles. The lowest BCUT2D eigenvalue weighted by atomic mass is 9.96. The third-order valence-electron chi connectivity index (χ3n) is 3.18. The standard InChI is InChI=1S/C14H9Cl3N2O5/c1-7-6-10(20)14(16,17)12(15)11(7)18-24-13(21)8-2-4-9(5-3-8)19(22)23/h2-6,12H,1H3/b18-11-. The van der Waals surface area contributed by atoms with Crippen molar-refractivity contribution in [3.05, 3.63) is 51.6 Å². The van der Waals surface area contributed by atoms with Gasteiger partial charge in [0.2, 0.25) is 4.33 Å². The molecule has 1 atom stereocenters. The van der Waals surface area contributed by atoms with Crippen molar-refractivity contribution in [1.82, 2.24) is 0 Å². The molecule has 1 aromatic carbocycles. The SMILES string of the molecule is CC1=CC(=O)C(Cl)(Cl)C(Cl)/C1=N\OC(=O)c1ccc([N+](=O)[O-])cc1. The number of rotatable bonds is 3. The summed E-state index contributed by atoms with van der Waals surface area (Å²) in [7, 11) is 0. The summed E-state index contributed by atoms with van der Waals surface area (Å²) in [6, 6.07) is 4.75. The average Bonchev–Trinajstić information content (AvgIpc) is 2.53. The minimum absolute atomic E-state index is 0.0385. The van der Waals surface area contributed by atoms with Crippen LogP contribution in [0.3, 0.4) is 0 Å². The van der Waals surface area contributed by atoms with Gasteiger partial charge in [0.05, 0.1) is 10.5 Å². The summed E-state index contributed by atoms with van der Waals surface area (Å²) in [5, 5.41) is 13.0. The summed E-state index contributed by atoms with van der Waals surface area (Å²) in [6.07, 6.45) is 1.15. The maximum atomic E-state index is 11.9. The van der Waals surface area contributed by atoms with Crippen molar-refractivity contribution in [3.8, 4) is 0 Å². The molecule has 2 rings (SSSR count). The first-order valence-corrected chi connectivity index (χ1v) is 7.62. The van der Waals surface area contributed by atoms with Crippen molar-refractivity contribution in [2.45, 2.75) is 16.6 Å². The van der Waals surface area contributed by atoms with Crippen LogP contribution >= 0.6 is 34.8 Å². The van der Waals surface area contributed by atoms with Gasteiger partial charge in [-0.2, -0.15) is 0 Å². The molecule has 0 radical (unpaired) electrons. The Bertz CT molecular complexity index is 771. The number of nitrogens with zero attached hydrogens (tertiary/aromatic N) is 2.